The fourth-order valence-electron chi connectivity index (χ4n) is 4.37. The highest BCUT2D eigenvalue weighted by Gasteiger charge is 2.23. The lowest BCUT2D eigenvalue weighted by Gasteiger charge is -2.27. The molecule has 39 heavy (non-hydrogen) atoms. The average molecular weight is 533 g/mol. The number of morpholine rings is 1. The molecule has 1 aliphatic heterocycles. The van der Waals surface area contributed by atoms with Crippen LogP contribution >= 0.6 is 0 Å². The molecular weight excluding hydrogens is 507 g/mol. The predicted octanol–water partition coefficient (Wildman–Crippen LogP) is 3.44. The van der Waals surface area contributed by atoms with Gasteiger partial charge in [0.2, 0.25) is 5.88 Å². The third-order valence-electron chi connectivity index (χ3n) is 6.31. The second kappa shape index (κ2) is 11.3. The third kappa shape index (κ3) is 5.43. The monoisotopic (exact) mass is 532 g/mol. The molecule has 1 N–H and O–H groups in total. The predicted molar refractivity (Wildman–Crippen MR) is 141 cm³/mol. The maximum absolute atomic E-state index is 14.3. The largest absolute Gasteiger partial charge is 0.514 e. The summed E-state index contributed by atoms with van der Waals surface area (Å²) in [6.45, 7) is 2.36. The van der Waals surface area contributed by atoms with Crippen LogP contribution in [0.2, 0.25) is 0 Å². The summed E-state index contributed by atoms with van der Waals surface area (Å²) < 4.78 is 31.2. The summed E-state index contributed by atoms with van der Waals surface area (Å²) in [5.41, 5.74) is 0.422. The van der Waals surface area contributed by atoms with E-state index in [1.54, 1.807) is 42.5 Å². The number of halogens is 1. The number of nitrogens with one attached hydrogen (secondary N) is 1. The van der Waals surface area contributed by atoms with E-state index in [0.717, 1.165) is 12.9 Å². The number of rotatable bonds is 6. The number of nitrogens with zero attached hydrogens (tertiary/aromatic N) is 3. The second-order valence-electron chi connectivity index (χ2n) is 8.69. The maximum atomic E-state index is 14.3. The lowest BCUT2D eigenvalue weighted by Crippen LogP contribution is -2.36. The zero-order valence-corrected chi connectivity index (χ0v) is 21.1. The Labute approximate surface area is 222 Å². The van der Waals surface area contributed by atoms with Crippen LogP contribution in [-0.4, -0.2) is 55.0 Å². The molecule has 1 saturated heterocycles. The van der Waals surface area contributed by atoms with E-state index < -0.39 is 23.3 Å². The number of ether oxygens (including phenoxy) is 3. The fraction of sp³-hybridized carbons (Fsp3) is 0.214. The van der Waals surface area contributed by atoms with Gasteiger partial charge in [0, 0.05) is 30.4 Å². The Balaban J connectivity index is 1.52. The van der Waals surface area contributed by atoms with Gasteiger partial charge in [0.05, 0.1) is 43.5 Å². The normalized spacial score (nSPS) is 13.2. The first kappa shape index (κ1) is 25.9. The lowest BCUT2D eigenvalue weighted by atomic mass is 10.1. The fourth-order valence-corrected chi connectivity index (χ4v) is 4.37. The number of hydrogen-bond acceptors (Lipinski definition) is 8. The van der Waals surface area contributed by atoms with Gasteiger partial charge in [-0.05, 0) is 42.5 Å². The van der Waals surface area contributed by atoms with Crippen LogP contribution in [0.4, 0.5) is 15.0 Å². The molecule has 3 heterocycles. The molecule has 0 spiro atoms. The zero-order valence-electron chi connectivity index (χ0n) is 21.1. The molecule has 0 bridgehead atoms. The molecule has 0 aliphatic carbocycles. The Kier molecular flexibility index (Phi) is 7.50. The van der Waals surface area contributed by atoms with E-state index in [9.17, 15) is 18.8 Å². The topological polar surface area (TPSA) is 112 Å². The lowest BCUT2D eigenvalue weighted by molar-refractivity contribution is 0.0950. The summed E-state index contributed by atoms with van der Waals surface area (Å²) in [5.74, 6) is -0.525. The molecular formula is C28H25FN4O6. The van der Waals surface area contributed by atoms with E-state index in [2.05, 4.69) is 19.9 Å². The number of fused-ring (bicyclic) bond motifs is 1. The molecule has 0 radical (unpaired) electrons. The second-order valence-corrected chi connectivity index (χ2v) is 8.69. The first-order valence-electron chi connectivity index (χ1n) is 12.2. The number of aromatic nitrogens is 2. The summed E-state index contributed by atoms with van der Waals surface area (Å²) in [5, 5.41) is 2.89. The van der Waals surface area contributed by atoms with E-state index in [4.69, 9.17) is 9.47 Å². The first-order valence-corrected chi connectivity index (χ1v) is 12.2. The summed E-state index contributed by atoms with van der Waals surface area (Å²) in [6, 6.07) is 15.8. The number of carbonyl (C=O) groups is 2. The number of carbonyl (C=O) groups excluding carboxylic acids is 2. The van der Waals surface area contributed by atoms with Crippen molar-refractivity contribution in [3.05, 3.63) is 94.0 Å². The Hall–Kier alpha value is -4.77. The van der Waals surface area contributed by atoms with E-state index in [1.807, 2.05) is 0 Å². The van der Waals surface area contributed by atoms with Crippen molar-refractivity contribution in [2.75, 3.05) is 38.3 Å². The van der Waals surface area contributed by atoms with Gasteiger partial charge in [-0.3, -0.25) is 14.2 Å². The van der Waals surface area contributed by atoms with Crippen molar-refractivity contribution in [1.82, 2.24) is 14.9 Å². The highest BCUT2D eigenvalue weighted by molar-refractivity contribution is 5.94. The van der Waals surface area contributed by atoms with E-state index in [-0.39, 0.29) is 34.5 Å². The minimum absolute atomic E-state index is 0.0189. The van der Waals surface area contributed by atoms with Crippen LogP contribution in [0.25, 0.3) is 16.6 Å². The SMILES string of the molecule is COC(=O)Oc1c(CNC(=O)c2ccc(N3CCOCC3)nc2)c(=O)c2ccc(F)cc2n1-c1ccccc1. The number of para-hydroxylation sites is 1. The number of benzene rings is 2. The highest BCUT2D eigenvalue weighted by atomic mass is 19.1. The van der Waals surface area contributed by atoms with Crippen LogP contribution < -0.4 is 20.4 Å². The molecule has 0 atom stereocenters. The van der Waals surface area contributed by atoms with E-state index in [0.29, 0.717) is 32.0 Å². The molecule has 2 aromatic carbocycles. The molecule has 1 amide bonds. The molecule has 11 heteroatoms. The van der Waals surface area contributed by atoms with Gasteiger partial charge in [-0.15, -0.1) is 0 Å². The average Bonchev–Trinajstić information content (AvgIpc) is 2.97. The van der Waals surface area contributed by atoms with Crippen LogP contribution in [0.1, 0.15) is 15.9 Å². The van der Waals surface area contributed by atoms with Gasteiger partial charge >= 0.3 is 6.16 Å². The molecule has 2 aromatic heterocycles. The maximum Gasteiger partial charge on any atom is 0.514 e. The molecule has 0 saturated carbocycles. The standard InChI is InChI=1S/C28H25FN4O6/c1-37-28(36)39-27-22(17-31-26(35)18-7-10-24(30-16-18)32-11-13-38-14-12-32)25(34)21-9-8-19(29)15-23(21)33(27)20-5-3-2-4-6-20/h2-10,15-16H,11-14,17H2,1H3,(H,31,35). The van der Waals surface area contributed by atoms with Gasteiger partial charge < -0.3 is 24.4 Å². The van der Waals surface area contributed by atoms with Crippen LogP contribution in [-0.2, 0) is 16.0 Å². The minimum Gasteiger partial charge on any atom is -0.437 e. The number of methoxy groups -OCH3 is 1. The number of hydrogen-bond donors (Lipinski definition) is 1. The van der Waals surface area contributed by atoms with E-state index >= 15 is 0 Å². The van der Waals surface area contributed by atoms with Crippen LogP contribution in [0.15, 0.2) is 71.7 Å². The molecule has 1 aliphatic rings. The summed E-state index contributed by atoms with van der Waals surface area (Å²) in [6.07, 6.45) is 0.377. The van der Waals surface area contributed by atoms with Crippen molar-refractivity contribution >= 4 is 28.8 Å². The van der Waals surface area contributed by atoms with Gasteiger partial charge in [0.1, 0.15) is 11.6 Å². The third-order valence-corrected chi connectivity index (χ3v) is 6.31. The Bertz CT molecular complexity index is 1570. The molecule has 10 nitrogen and oxygen atoms in total. The van der Waals surface area contributed by atoms with Gasteiger partial charge in [0.15, 0.2) is 5.43 Å². The van der Waals surface area contributed by atoms with Crippen LogP contribution in [0.5, 0.6) is 5.88 Å². The summed E-state index contributed by atoms with van der Waals surface area (Å²) in [7, 11) is 1.13. The molecule has 4 aromatic rings. The number of anilines is 1. The summed E-state index contributed by atoms with van der Waals surface area (Å²) >= 11 is 0. The van der Waals surface area contributed by atoms with Crippen molar-refractivity contribution in [2.24, 2.45) is 0 Å². The van der Waals surface area contributed by atoms with E-state index in [1.165, 1.54) is 29.0 Å². The Morgan fingerprint density at radius 3 is 2.54 bits per heavy atom. The Morgan fingerprint density at radius 2 is 1.85 bits per heavy atom. The number of amides is 1. The first-order chi connectivity index (χ1) is 19.0. The smallest absolute Gasteiger partial charge is 0.437 e. The molecule has 1 fully saturated rings. The highest BCUT2D eigenvalue weighted by Crippen LogP contribution is 2.28. The van der Waals surface area contributed by atoms with Crippen LogP contribution in [0.3, 0.4) is 0 Å². The zero-order chi connectivity index (χ0) is 27.4. The van der Waals surface area contributed by atoms with Crippen LogP contribution in [0, 0.1) is 5.82 Å². The van der Waals surface area contributed by atoms with Gasteiger partial charge in [-0.25, -0.2) is 14.2 Å². The quantitative estimate of drug-likeness (QED) is 0.376. The van der Waals surface area contributed by atoms with Gasteiger partial charge in [0.25, 0.3) is 5.91 Å². The van der Waals surface area contributed by atoms with Crippen molar-refractivity contribution in [1.29, 1.82) is 0 Å². The molecule has 0 unspecified atom stereocenters. The van der Waals surface area contributed by atoms with Crippen molar-refractivity contribution in [3.63, 3.8) is 0 Å². The van der Waals surface area contributed by atoms with Crippen molar-refractivity contribution in [3.8, 4) is 11.6 Å². The molecule has 5 rings (SSSR count). The number of pyridine rings is 2. The Morgan fingerprint density at radius 1 is 1.08 bits per heavy atom. The van der Waals surface area contributed by atoms with Gasteiger partial charge in [-0.1, -0.05) is 18.2 Å². The van der Waals surface area contributed by atoms with Gasteiger partial charge in [-0.2, -0.15) is 0 Å². The van der Waals surface area contributed by atoms with Crippen molar-refractivity contribution in [2.45, 2.75) is 6.54 Å². The van der Waals surface area contributed by atoms with Crippen molar-refractivity contribution < 1.29 is 28.2 Å². The minimum atomic E-state index is -1.08. The molecule has 200 valence electrons. The summed E-state index contributed by atoms with van der Waals surface area (Å²) in [4.78, 5) is 45.2.